The van der Waals surface area contributed by atoms with Gasteiger partial charge in [0.2, 0.25) is 0 Å². The topological polar surface area (TPSA) is 60.7 Å². The van der Waals surface area contributed by atoms with Gasteiger partial charge in [0.25, 0.3) is 0 Å². The van der Waals surface area contributed by atoms with Crippen LogP contribution in [-0.4, -0.2) is 35.9 Å². The van der Waals surface area contributed by atoms with E-state index in [4.69, 9.17) is 11.6 Å². The van der Waals surface area contributed by atoms with E-state index in [2.05, 4.69) is 15.5 Å². The first-order chi connectivity index (χ1) is 7.18. The molecule has 0 N–H and O–H groups in total. The SMILES string of the molecule is CC(Cl)c1nnnn1C1CCS(=O)CC1. The summed E-state index contributed by atoms with van der Waals surface area (Å²) in [7, 11) is -0.655. The van der Waals surface area contributed by atoms with Crippen LogP contribution in [0.5, 0.6) is 0 Å². The van der Waals surface area contributed by atoms with E-state index in [1.54, 1.807) is 4.68 Å². The zero-order chi connectivity index (χ0) is 10.8. The summed E-state index contributed by atoms with van der Waals surface area (Å²) in [6.07, 6.45) is 1.74. The second-order valence-corrected chi connectivity index (χ2v) is 6.03. The fourth-order valence-corrected chi connectivity index (χ4v) is 3.17. The molecule has 1 aliphatic heterocycles. The average molecular weight is 249 g/mol. The predicted molar refractivity (Wildman–Crippen MR) is 58.2 cm³/mol. The van der Waals surface area contributed by atoms with Crippen molar-refractivity contribution in [1.29, 1.82) is 0 Å². The number of aromatic nitrogens is 4. The quantitative estimate of drug-likeness (QED) is 0.735. The lowest BCUT2D eigenvalue weighted by atomic mass is 10.1. The lowest BCUT2D eigenvalue weighted by Crippen LogP contribution is -2.24. The molecular formula is C8H13ClN4OS. The Labute approximate surface area is 95.6 Å². The summed E-state index contributed by atoms with van der Waals surface area (Å²) in [5.74, 6) is 2.18. The first-order valence-electron chi connectivity index (χ1n) is 4.95. The molecule has 1 atom stereocenters. The van der Waals surface area contributed by atoms with Gasteiger partial charge in [-0.05, 0) is 30.2 Å². The average Bonchev–Trinajstić information content (AvgIpc) is 2.67. The highest BCUT2D eigenvalue weighted by atomic mass is 35.5. The summed E-state index contributed by atoms with van der Waals surface area (Å²) >= 11 is 5.97. The molecule has 0 aliphatic carbocycles. The summed E-state index contributed by atoms with van der Waals surface area (Å²) in [5.41, 5.74) is 0. The van der Waals surface area contributed by atoms with Crippen LogP contribution in [0.15, 0.2) is 0 Å². The van der Waals surface area contributed by atoms with Crippen molar-refractivity contribution in [3.8, 4) is 0 Å². The molecule has 0 spiro atoms. The smallest absolute Gasteiger partial charge is 0.169 e. The standard InChI is InChI=1S/C8H13ClN4OS/c1-6(9)8-10-11-12-13(8)7-2-4-15(14)5-3-7/h6-7H,2-5H2,1H3. The molecule has 1 aromatic heterocycles. The lowest BCUT2D eigenvalue weighted by molar-refractivity contribution is 0.399. The molecule has 0 radical (unpaired) electrons. The summed E-state index contributed by atoms with van der Waals surface area (Å²) < 4.78 is 13.0. The highest BCUT2D eigenvalue weighted by molar-refractivity contribution is 7.85. The third kappa shape index (κ3) is 2.36. The van der Waals surface area contributed by atoms with Gasteiger partial charge in [0.05, 0.1) is 11.4 Å². The molecule has 1 aromatic rings. The van der Waals surface area contributed by atoms with Crippen LogP contribution in [0.25, 0.3) is 0 Å². The molecule has 1 aliphatic rings. The van der Waals surface area contributed by atoms with E-state index in [9.17, 15) is 4.21 Å². The van der Waals surface area contributed by atoms with Gasteiger partial charge in [-0.15, -0.1) is 16.7 Å². The van der Waals surface area contributed by atoms with Crippen molar-refractivity contribution in [3.05, 3.63) is 5.82 Å². The summed E-state index contributed by atoms with van der Waals surface area (Å²) in [5, 5.41) is 11.3. The van der Waals surface area contributed by atoms with Crippen molar-refractivity contribution in [2.24, 2.45) is 0 Å². The number of rotatable bonds is 2. The van der Waals surface area contributed by atoms with Crippen LogP contribution in [0, 0.1) is 0 Å². The minimum absolute atomic E-state index is 0.188. The first-order valence-corrected chi connectivity index (χ1v) is 6.87. The van der Waals surface area contributed by atoms with Crippen LogP contribution in [0.1, 0.15) is 37.0 Å². The number of hydrogen-bond donors (Lipinski definition) is 0. The van der Waals surface area contributed by atoms with Gasteiger partial charge < -0.3 is 0 Å². The number of hydrogen-bond acceptors (Lipinski definition) is 4. The molecule has 1 fully saturated rings. The van der Waals surface area contributed by atoms with E-state index < -0.39 is 10.8 Å². The summed E-state index contributed by atoms with van der Waals surface area (Å²) in [4.78, 5) is 0. The molecule has 1 unspecified atom stereocenters. The van der Waals surface area contributed by atoms with Crippen LogP contribution >= 0.6 is 11.6 Å². The molecule has 7 heteroatoms. The van der Waals surface area contributed by atoms with Crippen molar-refractivity contribution in [3.63, 3.8) is 0 Å². The van der Waals surface area contributed by atoms with E-state index in [-0.39, 0.29) is 11.4 Å². The van der Waals surface area contributed by atoms with Crippen molar-refractivity contribution in [2.45, 2.75) is 31.2 Å². The zero-order valence-corrected chi connectivity index (χ0v) is 10.0. The van der Waals surface area contributed by atoms with Gasteiger partial charge in [0, 0.05) is 22.3 Å². The highest BCUT2D eigenvalue weighted by Gasteiger charge is 2.24. The zero-order valence-electron chi connectivity index (χ0n) is 8.47. The van der Waals surface area contributed by atoms with Gasteiger partial charge in [0.15, 0.2) is 5.82 Å². The van der Waals surface area contributed by atoms with Gasteiger partial charge >= 0.3 is 0 Å². The molecule has 5 nitrogen and oxygen atoms in total. The van der Waals surface area contributed by atoms with Gasteiger partial charge in [-0.1, -0.05) is 0 Å². The second-order valence-electron chi connectivity index (χ2n) is 3.68. The number of tetrazole rings is 1. The van der Waals surface area contributed by atoms with E-state index in [1.165, 1.54) is 0 Å². The first kappa shape index (κ1) is 11.0. The van der Waals surface area contributed by atoms with Crippen LogP contribution < -0.4 is 0 Å². The van der Waals surface area contributed by atoms with Crippen molar-refractivity contribution < 1.29 is 4.21 Å². The molecule has 2 heterocycles. The normalized spacial score (nSPS) is 28.9. The molecule has 84 valence electrons. The Morgan fingerprint density at radius 2 is 2.20 bits per heavy atom. The number of nitrogens with zero attached hydrogens (tertiary/aromatic N) is 4. The maximum atomic E-state index is 11.2. The van der Waals surface area contributed by atoms with Crippen molar-refractivity contribution in [1.82, 2.24) is 20.2 Å². The molecule has 15 heavy (non-hydrogen) atoms. The molecular weight excluding hydrogens is 236 g/mol. The van der Waals surface area contributed by atoms with Crippen LogP contribution in [0.4, 0.5) is 0 Å². The maximum Gasteiger partial charge on any atom is 0.169 e. The van der Waals surface area contributed by atoms with Gasteiger partial charge in [-0.3, -0.25) is 4.21 Å². The monoisotopic (exact) mass is 248 g/mol. The molecule has 0 amide bonds. The Balaban J connectivity index is 2.15. The minimum atomic E-state index is -0.655. The van der Waals surface area contributed by atoms with Gasteiger partial charge in [-0.25, -0.2) is 4.68 Å². The largest absolute Gasteiger partial charge is 0.260 e. The maximum absolute atomic E-state index is 11.2. The Morgan fingerprint density at radius 1 is 1.53 bits per heavy atom. The van der Waals surface area contributed by atoms with E-state index >= 15 is 0 Å². The summed E-state index contributed by atoms with van der Waals surface area (Å²) in [6.45, 7) is 1.85. The van der Waals surface area contributed by atoms with Gasteiger partial charge in [0.1, 0.15) is 0 Å². The number of alkyl halides is 1. The Hall–Kier alpha value is -0.490. The Bertz CT molecular complexity index is 357. The fourth-order valence-electron chi connectivity index (χ4n) is 1.75. The van der Waals surface area contributed by atoms with Crippen LogP contribution in [0.3, 0.4) is 0 Å². The number of halogens is 1. The second kappa shape index (κ2) is 4.57. The Kier molecular flexibility index (Phi) is 3.35. The predicted octanol–water partition coefficient (Wildman–Crippen LogP) is 1.06. The molecule has 2 rings (SSSR count). The lowest BCUT2D eigenvalue weighted by Gasteiger charge is -2.22. The van der Waals surface area contributed by atoms with Gasteiger partial charge in [-0.2, -0.15) is 0 Å². The fraction of sp³-hybridized carbons (Fsp3) is 0.875. The van der Waals surface area contributed by atoms with Crippen LogP contribution in [0.2, 0.25) is 0 Å². The minimum Gasteiger partial charge on any atom is -0.260 e. The third-order valence-electron chi connectivity index (χ3n) is 2.58. The van der Waals surface area contributed by atoms with Crippen LogP contribution in [-0.2, 0) is 10.8 Å². The van der Waals surface area contributed by atoms with E-state index in [0.717, 1.165) is 24.3 Å². The molecule has 0 saturated carbocycles. The van der Waals surface area contributed by atoms with E-state index in [0.29, 0.717) is 5.82 Å². The Morgan fingerprint density at radius 3 is 2.80 bits per heavy atom. The molecule has 1 saturated heterocycles. The molecule has 0 aromatic carbocycles. The summed E-state index contributed by atoms with van der Waals surface area (Å²) in [6, 6.07) is 0.258. The van der Waals surface area contributed by atoms with Crippen molar-refractivity contribution in [2.75, 3.05) is 11.5 Å². The third-order valence-corrected chi connectivity index (χ3v) is 4.15. The van der Waals surface area contributed by atoms with E-state index in [1.807, 2.05) is 6.92 Å². The molecule has 0 bridgehead atoms. The highest BCUT2D eigenvalue weighted by Crippen LogP contribution is 2.25. The van der Waals surface area contributed by atoms with Crippen molar-refractivity contribution >= 4 is 22.4 Å².